The molecule has 0 heterocycles. The minimum atomic E-state index is 0.0876. The Morgan fingerprint density at radius 3 is 2.56 bits per heavy atom. The first-order valence-electron chi connectivity index (χ1n) is 5.80. The van der Waals surface area contributed by atoms with Crippen LogP contribution in [0.3, 0.4) is 0 Å². The van der Waals surface area contributed by atoms with Crippen molar-refractivity contribution in [1.29, 1.82) is 0 Å². The van der Waals surface area contributed by atoms with Crippen LogP contribution >= 0.6 is 0 Å². The molecule has 0 aromatic heterocycles. The van der Waals surface area contributed by atoms with Crippen LogP contribution < -0.4 is 5.32 Å². The number of hydrogen-bond donors (Lipinski definition) is 3. The summed E-state index contributed by atoms with van der Waals surface area (Å²) in [6.45, 7) is 4.93. The second kappa shape index (κ2) is 6.51. The predicted octanol–water partition coefficient (Wildman–Crippen LogP) is 1.89. The van der Waals surface area contributed by atoms with Crippen LogP contribution in [0.2, 0.25) is 0 Å². The first-order valence-corrected chi connectivity index (χ1v) is 5.80. The second-order valence-electron chi connectivity index (χ2n) is 4.18. The molecule has 0 aliphatic carbocycles. The molecule has 0 bridgehead atoms. The Labute approximate surface area is 97.1 Å². The lowest BCUT2D eigenvalue weighted by atomic mass is 9.99. The molecule has 0 spiro atoms. The molecular weight excluding hydrogens is 202 g/mol. The number of aromatic hydroxyl groups is 1. The third-order valence-corrected chi connectivity index (χ3v) is 3.07. The zero-order valence-corrected chi connectivity index (χ0v) is 9.98. The Balaban J connectivity index is 2.53. The van der Waals surface area contributed by atoms with Crippen molar-refractivity contribution in [3.63, 3.8) is 0 Å². The summed E-state index contributed by atoms with van der Waals surface area (Å²) >= 11 is 0. The van der Waals surface area contributed by atoms with Crippen molar-refractivity contribution in [2.24, 2.45) is 5.92 Å². The predicted molar refractivity (Wildman–Crippen MR) is 65.3 cm³/mol. The number of nitrogens with one attached hydrogen (secondary N) is 1. The molecule has 1 aromatic carbocycles. The lowest BCUT2D eigenvalue weighted by Gasteiger charge is -2.22. The Hall–Kier alpha value is -1.06. The molecule has 0 radical (unpaired) electrons. The van der Waals surface area contributed by atoms with Gasteiger partial charge in [-0.15, -0.1) is 0 Å². The molecule has 1 aromatic rings. The van der Waals surface area contributed by atoms with E-state index < -0.39 is 0 Å². The zero-order valence-electron chi connectivity index (χ0n) is 9.98. The van der Waals surface area contributed by atoms with Gasteiger partial charge >= 0.3 is 0 Å². The van der Waals surface area contributed by atoms with E-state index in [1.54, 1.807) is 12.1 Å². The summed E-state index contributed by atoms with van der Waals surface area (Å²) in [6.07, 6.45) is 1.03. The summed E-state index contributed by atoms with van der Waals surface area (Å²) in [6, 6.07) is 7.34. The van der Waals surface area contributed by atoms with Crippen LogP contribution in [-0.4, -0.2) is 22.9 Å². The molecule has 3 heteroatoms. The minimum Gasteiger partial charge on any atom is -0.508 e. The van der Waals surface area contributed by atoms with E-state index in [2.05, 4.69) is 19.2 Å². The monoisotopic (exact) mass is 223 g/mol. The van der Waals surface area contributed by atoms with E-state index in [4.69, 9.17) is 0 Å². The number of aliphatic hydroxyl groups excluding tert-OH is 1. The number of aliphatic hydroxyl groups is 1. The van der Waals surface area contributed by atoms with Gasteiger partial charge in [0.25, 0.3) is 0 Å². The van der Waals surface area contributed by atoms with Gasteiger partial charge in [-0.2, -0.15) is 0 Å². The maximum absolute atomic E-state index is 9.59. The average molecular weight is 223 g/mol. The van der Waals surface area contributed by atoms with E-state index in [1.165, 1.54) is 0 Å². The lowest BCUT2D eigenvalue weighted by Crippen LogP contribution is -2.37. The molecule has 0 fully saturated rings. The van der Waals surface area contributed by atoms with Crippen molar-refractivity contribution < 1.29 is 10.2 Å². The van der Waals surface area contributed by atoms with Crippen molar-refractivity contribution in [3.05, 3.63) is 29.8 Å². The zero-order chi connectivity index (χ0) is 12.0. The molecular formula is C13H21NO2. The molecule has 0 saturated heterocycles. The summed E-state index contributed by atoms with van der Waals surface area (Å²) in [5.74, 6) is 0.728. The third-order valence-electron chi connectivity index (χ3n) is 3.07. The fourth-order valence-electron chi connectivity index (χ4n) is 1.63. The van der Waals surface area contributed by atoms with E-state index in [9.17, 15) is 10.2 Å². The van der Waals surface area contributed by atoms with Crippen LogP contribution in [0.15, 0.2) is 24.3 Å². The van der Waals surface area contributed by atoms with E-state index in [1.807, 2.05) is 12.1 Å². The van der Waals surface area contributed by atoms with Gasteiger partial charge < -0.3 is 15.5 Å². The largest absolute Gasteiger partial charge is 0.508 e. The Morgan fingerprint density at radius 2 is 2.00 bits per heavy atom. The highest BCUT2D eigenvalue weighted by molar-refractivity contribution is 5.31. The Kier molecular flexibility index (Phi) is 5.29. The second-order valence-corrected chi connectivity index (χ2v) is 4.18. The van der Waals surface area contributed by atoms with Crippen LogP contribution in [0.4, 0.5) is 0 Å². The first-order chi connectivity index (χ1) is 7.69. The lowest BCUT2D eigenvalue weighted by molar-refractivity contribution is 0.200. The fraction of sp³-hybridized carbons (Fsp3) is 0.538. The summed E-state index contributed by atoms with van der Waals surface area (Å²) < 4.78 is 0. The van der Waals surface area contributed by atoms with Gasteiger partial charge in [0.2, 0.25) is 0 Å². The minimum absolute atomic E-state index is 0.0876. The van der Waals surface area contributed by atoms with E-state index >= 15 is 0 Å². The smallest absolute Gasteiger partial charge is 0.120 e. The molecule has 2 atom stereocenters. The average Bonchev–Trinajstić information content (AvgIpc) is 2.31. The standard InChI is InChI=1S/C13H21NO2/c1-3-10(2)12(9-15)14-8-11-6-4-5-7-13(11)16/h4-7,10,12,14-16H,3,8-9H2,1-2H3/t10?,12-/m1/s1. The van der Waals surface area contributed by atoms with Crippen molar-refractivity contribution >= 4 is 0 Å². The molecule has 0 amide bonds. The summed E-state index contributed by atoms with van der Waals surface area (Å²) in [7, 11) is 0. The van der Waals surface area contributed by atoms with E-state index in [0.29, 0.717) is 18.2 Å². The highest BCUT2D eigenvalue weighted by atomic mass is 16.3. The molecule has 3 N–H and O–H groups in total. The van der Waals surface area contributed by atoms with Crippen LogP contribution in [-0.2, 0) is 6.54 Å². The van der Waals surface area contributed by atoms with Crippen LogP contribution in [0.5, 0.6) is 5.75 Å². The summed E-state index contributed by atoms with van der Waals surface area (Å²) in [4.78, 5) is 0. The van der Waals surface area contributed by atoms with Gasteiger partial charge in [-0.3, -0.25) is 0 Å². The SMILES string of the molecule is CCC(C)[C@@H](CO)NCc1ccccc1O. The molecule has 1 rings (SSSR count). The maximum Gasteiger partial charge on any atom is 0.120 e. The fourth-order valence-corrected chi connectivity index (χ4v) is 1.63. The van der Waals surface area contributed by atoms with Gasteiger partial charge in [-0.1, -0.05) is 38.5 Å². The molecule has 0 aliphatic heterocycles. The molecule has 3 nitrogen and oxygen atoms in total. The van der Waals surface area contributed by atoms with Crippen LogP contribution in [0.25, 0.3) is 0 Å². The highest BCUT2D eigenvalue weighted by Gasteiger charge is 2.14. The molecule has 0 saturated carbocycles. The number of phenols is 1. The molecule has 1 unspecified atom stereocenters. The summed E-state index contributed by atoms with van der Waals surface area (Å²) in [5.41, 5.74) is 0.865. The first kappa shape index (κ1) is 13.0. The molecule has 0 aliphatic rings. The highest BCUT2D eigenvalue weighted by Crippen LogP contribution is 2.16. The van der Waals surface area contributed by atoms with Crippen molar-refractivity contribution in [2.45, 2.75) is 32.9 Å². The van der Waals surface area contributed by atoms with Crippen molar-refractivity contribution in [3.8, 4) is 5.75 Å². The van der Waals surface area contributed by atoms with Crippen LogP contribution in [0, 0.1) is 5.92 Å². The molecule has 16 heavy (non-hydrogen) atoms. The van der Waals surface area contributed by atoms with Gasteiger partial charge in [0.15, 0.2) is 0 Å². The van der Waals surface area contributed by atoms with E-state index in [0.717, 1.165) is 12.0 Å². The number of rotatable bonds is 6. The topological polar surface area (TPSA) is 52.5 Å². The van der Waals surface area contributed by atoms with Gasteiger partial charge in [0, 0.05) is 18.2 Å². The Morgan fingerprint density at radius 1 is 1.31 bits per heavy atom. The number of para-hydroxylation sites is 1. The number of phenolic OH excluding ortho intramolecular Hbond substituents is 1. The van der Waals surface area contributed by atoms with Crippen molar-refractivity contribution in [1.82, 2.24) is 5.32 Å². The van der Waals surface area contributed by atoms with Gasteiger partial charge in [-0.25, -0.2) is 0 Å². The normalized spacial score (nSPS) is 14.7. The number of benzene rings is 1. The van der Waals surface area contributed by atoms with Gasteiger partial charge in [-0.05, 0) is 12.0 Å². The third kappa shape index (κ3) is 3.51. The Bertz CT molecular complexity index is 315. The number of hydrogen-bond acceptors (Lipinski definition) is 3. The van der Waals surface area contributed by atoms with Gasteiger partial charge in [0.05, 0.1) is 6.61 Å². The van der Waals surface area contributed by atoms with Crippen molar-refractivity contribution in [2.75, 3.05) is 6.61 Å². The van der Waals surface area contributed by atoms with Crippen LogP contribution in [0.1, 0.15) is 25.8 Å². The quantitative estimate of drug-likeness (QED) is 0.690. The van der Waals surface area contributed by atoms with E-state index in [-0.39, 0.29) is 12.6 Å². The molecule has 90 valence electrons. The summed E-state index contributed by atoms with van der Waals surface area (Å²) in [5, 5.41) is 22.1. The maximum atomic E-state index is 9.59. The van der Waals surface area contributed by atoms with Gasteiger partial charge in [0.1, 0.15) is 5.75 Å².